The lowest BCUT2D eigenvalue weighted by atomic mass is 9.91. The van der Waals surface area contributed by atoms with Crippen LogP contribution in [-0.4, -0.2) is 56.2 Å². The van der Waals surface area contributed by atoms with Crippen LogP contribution >= 0.6 is 36.4 Å². The third kappa shape index (κ3) is 5.63. The average molecular weight is 411 g/mol. The van der Waals surface area contributed by atoms with E-state index in [0.29, 0.717) is 0 Å². The zero-order chi connectivity index (χ0) is 16.2. The molecule has 2 N–H and O–H groups in total. The maximum Gasteiger partial charge on any atom is 0.239 e. The molecule has 8 heteroatoms. The molecule has 0 radical (unpaired) electrons. The van der Waals surface area contributed by atoms with Crippen molar-refractivity contribution in [2.45, 2.75) is 18.9 Å². The second kappa shape index (κ2) is 10.4. The van der Waals surface area contributed by atoms with Crippen molar-refractivity contribution >= 4 is 48.0 Å². The summed E-state index contributed by atoms with van der Waals surface area (Å²) in [5.74, 6) is 0.346. The molecule has 25 heavy (non-hydrogen) atoms. The SMILES string of the molecule is Cl.Cl.NC(C(=O)N1CCN(c2ccc(Cl)cc2)CC1)C1CCOCC1. The van der Waals surface area contributed by atoms with Crippen molar-refractivity contribution in [3.05, 3.63) is 29.3 Å². The number of halogens is 3. The summed E-state index contributed by atoms with van der Waals surface area (Å²) in [6.45, 7) is 4.53. The highest BCUT2D eigenvalue weighted by Gasteiger charge is 2.31. The van der Waals surface area contributed by atoms with Crippen LogP contribution in [-0.2, 0) is 9.53 Å². The molecule has 0 bridgehead atoms. The van der Waals surface area contributed by atoms with Gasteiger partial charge in [0.15, 0.2) is 0 Å². The minimum atomic E-state index is -0.388. The predicted molar refractivity (Wildman–Crippen MR) is 106 cm³/mol. The highest BCUT2D eigenvalue weighted by atomic mass is 35.5. The quantitative estimate of drug-likeness (QED) is 0.832. The molecule has 2 saturated heterocycles. The summed E-state index contributed by atoms with van der Waals surface area (Å²) in [6.07, 6.45) is 1.77. The van der Waals surface area contributed by atoms with E-state index in [1.165, 1.54) is 0 Å². The summed E-state index contributed by atoms with van der Waals surface area (Å²) in [5.41, 5.74) is 7.36. The van der Waals surface area contributed by atoms with Crippen molar-refractivity contribution in [1.82, 2.24) is 4.90 Å². The number of nitrogens with zero attached hydrogens (tertiary/aromatic N) is 2. The monoisotopic (exact) mass is 409 g/mol. The van der Waals surface area contributed by atoms with Gasteiger partial charge in [0.05, 0.1) is 6.04 Å². The fourth-order valence-electron chi connectivity index (χ4n) is 3.32. The van der Waals surface area contributed by atoms with Gasteiger partial charge in [-0.3, -0.25) is 4.79 Å². The Morgan fingerprint density at radius 2 is 1.64 bits per heavy atom. The summed E-state index contributed by atoms with van der Waals surface area (Å²) in [6, 6.07) is 7.45. The molecule has 1 aromatic carbocycles. The first kappa shape index (κ1) is 22.3. The Balaban J connectivity index is 0.00000156. The third-order valence-electron chi connectivity index (χ3n) is 4.84. The molecule has 0 saturated carbocycles. The number of rotatable bonds is 3. The Morgan fingerprint density at radius 1 is 1.08 bits per heavy atom. The molecule has 1 unspecified atom stereocenters. The van der Waals surface area contributed by atoms with Gasteiger partial charge in [-0.05, 0) is 43.0 Å². The van der Waals surface area contributed by atoms with Crippen LogP contribution in [0.3, 0.4) is 0 Å². The number of nitrogens with two attached hydrogens (primary N) is 1. The van der Waals surface area contributed by atoms with Crippen molar-refractivity contribution in [2.75, 3.05) is 44.3 Å². The van der Waals surface area contributed by atoms with E-state index in [1.807, 2.05) is 29.2 Å². The Morgan fingerprint density at radius 3 is 2.20 bits per heavy atom. The van der Waals surface area contributed by atoms with Crippen LogP contribution in [0.1, 0.15) is 12.8 Å². The minimum Gasteiger partial charge on any atom is -0.381 e. The molecule has 3 rings (SSSR count). The first-order chi connectivity index (χ1) is 11.1. The number of hydrogen-bond acceptors (Lipinski definition) is 4. The number of ether oxygens (including phenoxy) is 1. The second-order valence-electron chi connectivity index (χ2n) is 6.26. The molecule has 0 aliphatic carbocycles. The molecule has 2 aliphatic heterocycles. The van der Waals surface area contributed by atoms with Crippen molar-refractivity contribution in [1.29, 1.82) is 0 Å². The van der Waals surface area contributed by atoms with Crippen LogP contribution in [0.4, 0.5) is 5.69 Å². The number of benzene rings is 1. The van der Waals surface area contributed by atoms with E-state index < -0.39 is 0 Å². The smallest absolute Gasteiger partial charge is 0.239 e. The largest absolute Gasteiger partial charge is 0.381 e. The van der Waals surface area contributed by atoms with Crippen LogP contribution in [0.15, 0.2) is 24.3 Å². The normalized spacial score (nSPS) is 19.6. The van der Waals surface area contributed by atoms with E-state index in [1.54, 1.807) is 0 Å². The number of hydrogen-bond donors (Lipinski definition) is 1. The summed E-state index contributed by atoms with van der Waals surface area (Å²) in [5, 5.41) is 0.741. The zero-order valence-corrected chi connectivity index (χ0v) is 16.5. The van der Waals surface area contributed by atoms with Crippen LogP contribution in [0, 0.1) is 5.92 Å². The lowest BCUT2D eigenvalue weighted by Gasteiger charge is -2.38. The lowest BCUT2D eigenvalue weighted by molar-refractivity contribution is -0.135. The van der Waals surface area contributed by atoms with Gasteiger partial charge in [0, 0.05) is 50.1 Å². The van der Waals surface area contributed by atoms with Gasteiger partial charge in [-0.25, -0.2) is 0 Å². The van der Waals surface area contributed by atoms with Gasteiger partial charge in [-0.2, -0.15) is 0 Å². The first-order valence-corrected chi connectivity index (χ1v) is 8.65. The van der Waals surface area contributed by atoms with Gasteiger partial charge >= 0.3 is 0 Å². The van der Waals surface area contributed by atoms with Gasteiger partial charge in [0.2, 0.25) is 5.91 Å². The number of anilines is 1. The molecule has 1 atom stereocenters. The van der Waals surface area contributed by atoms with Crippen molar-refractivity contribution in [3.8, 4) is 0 Å². The maximum atomic E-state index is 12.6. The lowest BCUT2D eigenvalue weighted by Crippen LogP contribution is -2.55. The summed E-state index contributed by atoms with van der Waals surface area (Å²) >= 11 is 5.93. The van der Waals surface area contributed by atoms with Gasteiger partial charge in [0.25, 0.3) is 0 Å². The highest BCUT2D eigenvalue weighted by molar-refractivity contribution is 6.30. The fraction of sp³-hybridized carbons (Fsp3) is 0.588. The molecule has 0 spiro atoms. The average Bonchev–Trinajstić information content (AvgIpc) is 2.62. The topological polar surface area (TPSA) is 58.8 Å². The molecule has 0 aromatic heterocycles. The highest BCUT2D eigenvalue weighted by Crippen LogP contribution is 2.22. The molecule has 142 valence electrons. The van der Waals surface area contributed by atoms with Crippen molar-refractivity contribution in [2.24, 2.45) is 11.7 Å². The van der Waals surface area contributed by atoms with Crippen LogP contribution in [0.25, 0.3) is 0 Å². The Hall–Kier alpha value is -0.720. The van der Waals surface area contributed by atoms with Crippen molar-refractivity contribution in [3.63, 3.8) is 0 Å². The summed E-state index contributed by atoms with van der Waals surface area (Å²) in [7, 11) is 0. The third-order valence-corrected chi connectivity index (χ3v) is 5.09. The molecule has 2 heterocycles. The molecule has 2 fully saturated rings. The number of carbonyl (C=O) groups excluding carboxylic acids is 1. The predicted octanol–water partition coefficient (Wildman–Crippen LogP) is 2.59. The fourth-order valence-corrected chi connectivity index (χ4v) is 3.45. The van der Waals surface area contributed by atoms with Crippen LogP contribution < -0.4 is 10.6 Å². The van der Waals surface area contributed by atoms with Crippen LogP contribution in [0.2, 0.25) is 5.02 Å². The first-order valence-electron chi connectivity index (χ1n) is 8.28. The van der Waals surface area contributed by atoms with E-state index >= 15 is 0 Å². The van der Waals surface area contributed by atoms with E-state index in [0.717, 1.165) is 62.9 Å². The van der Waals surface area contributed by atoms with E-state index in [9.17, 15) is 4.79 Å². The Labute approximate surface area is 166 Å². The second-order valence-corrected chi connectivity index (χ2v) is 6.70. The molecule has 5 nitrogen and oxygen atoms in total. The van der Waals surface area contributed by atoms with Gasteiger partial charge in [0.1, 0.15) is 0 Å². The standard InChI is InChI=1S/C17H24ClN3O2.2ClH/c18-14-1-3-15(4-2-14)20-7-9-21(10-8-20)17(22)16(19)13-5-11-23-12-6-13;;/h1-4,13,16H,5-12,19H2;2*1H. The van der Waals surface area contributed by atoms with Gasteiger partial charge in [-0.1, -0.05) is 11.6 Å². The maximum absolute atomic E-state index is 12.6. The molecular weight excluding hydrogens is 385 g/mol. The molecule has 2 aliphatic rings. The van der Waals surface area contributed by atoms with Crippen LogP contribution in [0.5, 0.6) is 0 Å². The summed E-state index contributed by atoms with van der Waals surface area (Å²) < 4.78 is 5.35. The van der Waals surface area contributed by atoms with Crippen molar-refractivity contribution < 1.29 is 9.53 Å². The summed E-state index contributed by atoms with van der Waals surface area (Å²) in [4.78, 5) is 16.8. The van der Waals surface area contributed by atoms with E-state index in [4.69, 9.17) is 22.1 Å². The van der Waals surface area contributed by atoms with Gasteiger partial charge < -0.3 is 20.3 Å². The van der Waals surface area contributed by atoms with Gasteiger partial charge in [-0.15, -0.1) is 24.8 Å². The molecule has 1 amide bonds. The number of amides is 1. The number of piperazine rings is 1. The van der Waals surface area contributed by atoms with E-state index in [-0.39, 0.29) is 42.7 Å². The zero-order valence-electron chi connectivity index (χ0n) is 14.1. The molecule has 1 aromatic rings. The van der Waals surface area contributed by atoms with E-state index in [2.05, 4.69) is 4.90 Å². The minimum absolute atomic E-state index is 0. The Bertz CT molecular complexity index is 530. The molecular formula is C17H26Cl3N3O2. The number of carbonyl (C=O) groups is 1. The Kier molecular flexibility index (Phi) is 9.32.